The van der Waals surface area contributed by atoms with E-state index in [2.05, 4.69) is 24.5 Å². The summed E-state index contributed by atoms with van der Waals surface area (Å²) in [5.74, 6) is -0.916. The Bertz CT molecular complexity index is 913. The Kier molecular flexibility index (Phi) is 3.47. The Hall–Kier alpha value is -2.58. The van der Waals surface area contributed by atoms with Gasteiger partial charge < -0.3 is 9.67 Å². The summed E-state index contributed by atoms with van der Waals surface area (Å²) in [6.45, 7) is 4.15. The van der Waals surface area contributed by atoms with E-state index in [4.69, 9.17) is 5.11 Å². The molecule has 0 fully saturated rings. The fraction of sp³-hybridized carbons (Fsp3) is 0.176. The highest BCUT2D eigenvalue weighted by molar-refractivity contribution is 7.17. The summed E-state index contributed by atoms with van der Waals surface area (Å²) in [6, 6.07) is 11.9. The fourth-order valence-electron chi connectivity index (χ4n) is 2.53. The lowest BCUT2D eigenvalue weighted by Gasteiger charge is -2.09. The van der Waals surface area contributed by atoms with Gasteiger partial charge in [-0.05, 0) is 43.7 Å². The van der Waals surface area contributed by atoms with E-state index in [0.29, 0.717) is 10.4 Å². The van der Waals surface area contributed by atoms with Gasteiger partial charge in [-0.25, -0.2) is 4.79 Å². The first-order valence-electron chi connectivity index (χ1n) is 6.89. The van der Waals surface area contributed by atoms with E-state index in [1.807, 2.05) is 24.4 Å². The Labute approximate surface area is 131 Å². The van der Waals surface area contributed by atoms with Gasteiger partial charge in [-0.15, -0.1) is 11.3 Å². The van der Waals surface area contributed by atoms with Gasteiger partial charge in [0.25, 0.3) is 0 Å². The van der Waals surface area contributed by atoms with Crippen LogP contribution in [-0.2, 0) is 0 Å². The van der Waals surface area contributed by atoms with Crippen LogP contribution in [0.15, 0.2) is 36.5 Å². The Morgan fingerprint density at radius 1 is 1.32 bits per heavy atom. The smallest absolute Gasteiger partial charge is 0.345 e. The van der Waals surface area contributed by atoms with E-state index in [-0.39, 0.29) is 6.04 Å². The Morgan fingerprint density at radius 3 is 2.68 bits per heavy atom. The number of rotatable bonds is 3. The van der Waals surface area contributed by atoms with Crippen molar-refractivity contribution >= 4 is 28.2 Å². The largest absolute Gasteiger partial charge is 0.477 e. The molecule has 0 spiro atoms. The summed E-state index contributed by atoms with van der Waals surface area (Å²) in [5.41, 5.74) is 2.59. The summed E-state index contributed by atoms with van der Waals surface area (Å²) >= 11 is 1.24. The molecule has 0 atom stereocenters. The van der Waals surface area contributed by atoms with Crippen LogP contribution in [0, 0.1) is 11.3 Å². The maximum Gasteiger partial charge on any atom is 0.345 e. The molecule has 22 heavy (non-hydrogen) atoms. The zero-order chi connectivity index (χ0) is 15.9. The average molecular weight is 310 g/mol. The Balaban J connectivity index is 2.17. The summed E-state index contributed by atoms with van der Waals surface area (Å²) in [4.78, 5) is 12.2. The van der Waals surface area contributed by atoms with Gasteiger partial charge in [0.2, 0.25) is 0 Å². The zero-order valence-corrected chi connectivity index (χ0v) is 13.0. The van der Waals surface area contributed by atoms with E-state index in [1.165, 1.54) is 11.3 Å². The first-order chi connectivity index (χ1) is 10.5. The standard InChI is InChI=1S/C17H14N2O2S/c1-10(2)19-9-12(8-18)13-7-11(3-4-14(13)19)15-5-6-16(22-15)17(20)21/h3-7,9-10H,1-2H3,(H,20,21). The first kappa shape index (κ1) is 14.4. The van der Waals surface area contributed by atoms with Crippen LogP contribution in [0.2, 0.25) is 0 Å². The molecule has 4 nitrogen and oxygen atoms in total. The highest BCUT2D eigenvalue weighted by Gasteiger charge is 2.13. The average Bonchev–Trinajstić information content (AvgIpc) is 3.11. The van der Waals surface area contributed by atoms with Gasteiger partial charge in [-0.1, -0.05) is 6.07 Å². The van der Waals surface area contributed by atoms with Crippen molar-refractivity contribution in [3.63, 3.8) is 0 Å². The number of aromatic nitrogens is 1. The van der Waals surface area contributed by atoms with Gasteiger partial charge in [0.1, 0.15) is 10.9 Å². The molecule has 0 saturated heterocycles. The summed E-state index contributed by atoms with van der Waals surface area (Å²) in [5, 5.41) is 19.3. The van der Waals surface area contributed by atoms with E-state index >= 15 is 0 Å². The van der Waals surface area contributed by atoms with Crippen molar-refractivity contribution < 1.29 is 9.90 Å². The van der Waals surface area contributed by atoms with Crippen molar-refractivity contribution in [1.29, 1.82) is 5.26 Å². The molecule has 110 valence electrons. The van der Waals surface area contributed by atoms with Crippen LogP contribution in [0.4, 0.5) is 0 Å². The summed E-state index contributed by atoms with van der Waals surface area (Å²) < 4.78 is 2.08. The molecule has 5 heteroatoms. The number of fused-ring (bicyclic) bond motifs is 1. The number of carboxylic acids is 1. The molecular formula is C17H14N2O2S. The molecule has 0 bridgehead atoms. The Morgan fingerprint density at radius 2 is 2.09 bits per heavy atom. The second kappa shape index (κ2) is 5.32. The number of carboxylic acid groups (broad SMARTS) is 1. The molecule has 0 aliphatic carbocycles. The minimum atomic E-state index is -0.916. The van der Waals surface area contributed by atoms with E-state index in [9.17, 15) is 10.1 Å². The number of hydrogen-bond donors (Lipinski definition) is 1. The molecule has 0 aliphatic heterocycles. The van der Waals surface area contributed by atoms with Crippen LogP contribution in [0.3, 0.4) is 0 Å². The molecule has 0 radical (unpaired) electrons. The SMILES string of the molecule is CC(C)n1cc(C#N)c2cc(-c3ccc(C(=O)O)s3)ccc21. The van der Waals surface area contributed by atoms with Crippen LogP contribution in [-0.4, -0.2) is 15.6 Å². The maximum atomic E-state index is 11.0. The van der Waals surface area contributed by atoms with Crippen LogP contribution in [0.1, 0.15) is 35.1 Å². The molecule has 2 aromatic heterocycles. The van der Waals surface area contributed by atoms with E-state index < -0.39 is 5.97 Å². The number of nitrogens with zero attached hydrogens (tertiary/aromatic N) is 2. The van der Waals surface area contributed by atoms with Gasteiger partial charge in [0.05, 0.1) is 5.56 Å². The summed E-state index contributed by atoms with van der Waals surface area (Å²) in [7, 11) is 0. The van der Waals surface area contributed by atoms with E-state index in [1.54, 1.807) is 12.1 Å². The monoisotopic (exact) mass is 310 g/mol. The lowest BCUT2D eigenvalue weighted by Crippen LogP contribution is -1.97. The van der Waals surface area contributed by atoms with Crippen molar-refractivity contribution in [2.24, 2.45) is 0 Å². The van der Waals surface area contributed by atoms with Crippen molar-refractivity contribution in [3.05, 3.63) is 47.0 Å². The highest BCUT2D eigenvalue weighted by atomic mass is 32.1. The molecule has 0 aliphatic rings. The molecule has 0 saturated carbocycles. The topological polar surface area (TPSA) is 66.0 Å². The van der Waals surface area contributed by atoms with Gasteiger partial charge in [0, 0.05) is 28.0 Å². The number of carbonyl (C=O) groups is 1. The van der Waals surface area contributed by atoms with Crippen molar-refractivity contribution in [2.45, 2.75) is 19.9 Å². The number of benzene rings is 1. The van der Waals surface area contributed by atoms with Gasteiger partial charge in [0.15, 0.2) is 0 Å². The van der Waals surface area contributed by atoms with E-state index in [0.717, 1.165) is 21.3 Å². The van der Waals surface area contributed by atoms with Crippen LogP contribution >= 0.6 is 11.3 Å². The first-order valence-corrected chi connectivity index (χ1v) is 7.71. The maximum absolute atomic E-state index is 11.0. The molecule has 0 unspecified atom stereocenters. The van der Waals surface area contributed by atoms with Gasteiger partial charge >= 0.3 is 5.97 Å². The number of nitriles is 1. The predicted octanol–water partition coefficient (Wildman–Crippen LogP) is 4.52. The molecule has 1 N–H and O–H groups in total. The molecule has 3 rings (SSSR count). The third-order valence-corrected chi connectivity index (χ3v) is 4.73. The quantitative estimate of drug-likeness (QED) is 0.773. The third-order valence-electron chi connectivity index (χ3n) is 3.61. The highest BCUT2D eigenvalue weighted by Crippen LogP contribution is 2.33. The van der Waals surface area contributed by atoms with Crippen LogP contribution in [0.25, 0.3) is 21.3 Å². The third kappa shape index (κ3) is 2.28. The molecular weight excluding hydrogens is 296 g/mol. The minimum Gasteiger partial charge on any atom is -0.477 e. The number of aromatic carboxylic acids is 1. The lowest BCUT2D eigenvalue weighted by molar-refractivity contribution is 0.0702. The van der Waals surface area contributed by atoms with Crippen LogP contribution < -0.4 is 0 Å². The van der Waals surface area contributed by atoms with Crippen molar-refractivity contribution in [3.8, 4) is 16.5 Å². The fourth-order valence-corrected chi connectivity index (χ4v) is 3.37. The van der Waals surface area contributed by atoms with Gasteiger partial charge in [-0.3, -0.25) is 0 Å². The molecule has 0 amide bonds. The zero-order valence-electron chi connectivity index (χ0n) is 12.2. The summed E-state index contributed by atoms with van der Waals surface area (Å²) in [6.07, 6.45) is 1.87. The predicted molar refractivity (Wildman–Crippen MR) is 87.3 cm³/mol. The van der Waals surface area contributed by atoms with Crippen molar-refractivity contribution in [1.82, 2.24) is 4.57 Å². The second-order valence-corrected chi connectivity index (χ2v) is 6.44. The lowest BCUT2D eigenvalue weighted by atomic mass is 10.1. The minimum absolute atomic E-state index is 0.274. The van der Waals surface area contributed by atoms with Crippen LogP contribution in [0.5, 0.6) is 0 Å². The van der Waals surface area contributed by atoms with Gasteiger partial charge in [-0.2, -0.15) is 5.26 Å². The number of hydrogen-bond acceptors (Lipinski definition) is 3. The molecule has 1 aromatic carbocycles. The number of thiophene rings is 1. The van der Waals surface area contributed by atoms with Crippen molar-refractivity contribution in [2.75, 3.05) is 0 Å². The molecule has 2 heterocycles. The normalized spacial score (nSPS) is 11.0. The second-order valence-electron chi connectivity index (χ2n) is 5.36. The molecule has 3 aromatic rings.